The number of thioether (sulfide) groups is 1. The first-order chi connectivity index (χ1) is 8.49. The topological polar surface area (TPSA) is 59.8 Å². The Balaban J connectivity index is 2.66. The van der Waals surface area contributed by atoms with E-state index >= 15 is 0 Å². The summed E-state index contributed by atoms with van der Waals surface area (Å²) in [6, 6.07) is 3.48. The smallest absolute Gasteiger partial charge is 0.333 e. The van der Waals surface area contributed by atoms with Crippen LogP contribution in [0.5, 0.6) is 0 Å². The van der Waals surface area contributed by atoms with Crippen LogP contribution < -0.4 is 4.90 Å². The summed E-state index contributed by atoms with van der Waals surface area (Å²) in [5, 5.41) is 0.719. The molecule has 0 radical (unpaired) electrons. The number of furan rings is 1. The van der Waals surface area contributed by atoms with E-state index in [1.54, 1.807) is 19.2 Å². The largest absolute Gasteiger partial charge is 0.466 e. The Kier molecular flexibility index (Phi) is 5.03. The standard InChI is InChI=1S/C12H15NO4S/c1-8(12(15)16-3)7-9(14)13(2)10-5-6-11(17-10)18-4/h5-6H,1,7H2,2-4H3. The normalized spacial score (nSPS) is 9.94. The highest BCUT2D eigenvalue weighted by molar-refractivity contribution is 7.98. The molecule has 0 bridgehead atoms. The van der Waals surface area contributed by atoms with Crippen LogP contribution in [0.4, 0.5) is 5.88 Å². The van der Waals surface area contributed by atoms with Crippen molar-refractivity contribution in [1.29, 1.82) is 0 Å². The molecule has 0 aromatic carbocycles. The zero-order chi connectivity index (χ0) is 13.7. The molecule has 1 amide bonds. The summed E-state index contributed by atoms with van der Waals surface area (Å²) in [6.07, 6.45) is 1.78. The minimum Gasteiger partial charge on any atom is -0.466 e. The van der Waals surface area contributed by atoms with Crippen LogP contribution >= 0.6 is 11.8 Å². The molecule has 0 aliphatic carbocycles. The molecule has 1 rings (SSSR count). The quantitative estimate of drug-likeness (QED) is 0.465. The van der Waals surface area contributed by atoms with Crippen LogP contribution in [0.25, 0.3) is 0 Å². The van der Waals surface area contributed by atoms with Crippen molar-refractivity contribution in [2.45, 2.75) is 11.5 Å². The number of ether oxygens (including phenoxy) is 1. The van der Waals surface area contributed by atoms with E-state index in [2.05, 4.69) is 11.3 Å². The first-order valence-electron chi connectivity index (χ1n) is 5.16. The van der Waals surface area contributed by atoms with Crippen molar-refractivity contribution in [3.8, 4) is 0 Å². The molecule has 0 aliphatic heterocycles. The summed E-state index contributed by atoms with van der Waals surface area (Å²) < 4.78 is 9.89. The van der Waals surface area contributed by atoms with E-state index in [9.17, 15) is 9.59 Å². The molecule has 6 heteroatoms. The Hall–Kier alpha value is -1.69. The molecule has 5 nitrogen and oxygen atoms in total. The number of hydrogen-bond donors (Lipinski definition) is 0. The van der Waals surface area contributed by atoms with Gasteiger partial charge in [-0.2, -0.15) is 0 Å². The van der Waals surface area contributed by atoms with E-state index in [-0.39, 0.29) is 17.9 Å². The van der Waals surface area contributed by atoms with Crippen LogP contribution in [-0.2, 0) is 14.3 Å². The van der Waals surface area contributed by atoms with E-state index in [0.717, 1.165) is 5.09 Å². The number of amides is 1. The molecule has 0 N–H and O–H groups in total. The third-order valence-electron chi connectivity index (χ3n) is 2.31. The number of methoxy groups -OCH3 is 1. The molecule has 1 heterocycles. The molecule has 0 unspecified atom stereocenters. The SMILES string of the molecule is C=C(CC(=O)N(C)c1ccc(SC)o1)C(=O)OC. The number of hydrogen-bond acceptors (Lipinski definition) is 5. The van der Waals surface area contributed by atoms with E-state index in [1.807, 2.05) is 6.26 Å². The van der Waals surface area contributed by atoms with E-state index in [4.69, 9.17) is 4.42 Å². The van der Waals surface area contributed by atoms with E-state index in [0.29, 0.717) is 5.88 Å². The number of carbonyl (C=O) groups excluding carboxylic acids is 2. The van der Waals surface area contributed by atoms with E-state index < -0.39 is 5.97 Å². The number of nitrogens with zero attached hydrogens (tertiary/aromatic N) is 1. The van der Waals surface area contributed by atoms with Crippen LogP contribution in [0.15, 0.2) is 33.8 Å². The van der Waals surface area contributed by atoms with E-state index in [1.165, 1.54) is 23.8 Å². The van der Waals surface area contributed by atoms with Gasteiger partial charge in [-0.15, -0.1) is 0 Å². The highest BCUT2D eigenvalue weighted by Gasteiger charge is 2.18. The average molecular weight is 269 g/mol. The third-order valence-corrected chi connectivity index (χ3v) is 2.93. The van der Waals surface area contributed by atoms with Crippen molar-refractivity contribution in [3.05, 3.63) is 24.3 Å². The van der Waals surface area contributed by atoms with Gasteiger partial charge in [-0.25, -0.2) is 4.79 Å². The van der Waals surface area contributed by atoms with Gasteiger partial charge in [-0.3, -0.25) is 9.69 Å². The van der Waals surface area contributed by atoms with Crippen LogP contribution in [0.3, 0.4) is 0 Å². The lowest BCUT2D eigenvalue weighted by Gasteiger charge is -2.14. The summed E-state index contributed by atoms with van der Waals surface area (Å²) in [6.45, 7) is 3.51. The number of esters is 1. The lowest BCUT2D eigenvalue weighted by molar-refractivity contribution is -0.137. The maximum Gasteiger partial charge on any atom is 0.333 e. The van der Waals surface area contributed by atoms with Crippen molar-refractivity contribution in [2.75, 3.05) is 25.3 Å². The van der Waals surface area contributed by atoms with Gasteiger partial charge in [0.05, 0.1) is 13.5 Å². The van der Waals surface area contributed by atoms with Crippen LogP contribution in [0, 0.1) is 0 Å². The molecule has 98 valence electrons. The molecule has 0 saturated carbocycles. The monoisotopic (exact) mass is 269 g/mol. The highest BCUT2D eigenvalue weighted by Crippen LogP contribution is 2.24. The Labute approximate surface area is 110 Å². The molecule has 0 fully saturated rings. The van der Waals surface area contributed by atoms with Crippen molar-refractivity contribution in [1.82, 2.24) is 0 Å². The second-order valence-corrected chi connectivity index (χ2v) is 4.33. The first-order valence-corrected chi connectivity index (χ1v) is 6.38. The van der Waals surface area contributed by atoms with Crippen molar-refractivity contribution in [2.24, 2.45) is 0 Å². The molecule has 0 aliphatic rings. The van der Waals surface area contributed by atoms with Gasteiger partial charge >= 0.3 is 5.97 Å². The van der Waals surface area contributed by atoms with Gasteiger partial charge in [0.2, 0.25) is 11.8 Å². The first kappa shape index (κ1) is 14.4. The Morgan fingerprint density at radius 2 is 2.17 bits per heavy atom. The lowest BCUT2D eigenvalue weighted by Crippen LogP contribution is -2.27. The summed E-state index contributed by atoms with van der Waals surface area (Å²) in [7, 11) is 2.83. The summed E-state index contributed by atoms with van der Waals surface area (Å²) >= 11 is 1.44. The molecule has 0 saturated heterocycles. The fourth-order valence-corrected chi connectivity index (χ4v) is 1.61. The predicted molar refractivity (Wildman–Crippen MR) is 69.7 cm³/mol. The highest BCUT2D eigenvalue weighted by atomic mass is 32.2. The maximum absolute atomic E-state index is 11.9. The zero-order valence-corrected chi connectivity index (χ0v) is 11.4. The second kappa shape index (κ2) is 6.30. The Morgan fingerprint density at radius 1 is 1.50 bits per heavy atom. The zero-order valence-electron chi connectivity index (χ0n) is 10.6. The Morgan fingerprint density at radius 3 is 2.67 bits per heavy atom. The fraction of sp³-hybridized carbons (Fsp3) is 0.333. The van der Waals surface area contributed by atoms with Crippen LogP contribution in [0.2, 0.25) is 0 Å². The third kappa shape index (κ3) is 3.40. The maximum atomic E-state index is 11.9. The van der Waals surface area contributed by atoms with Crippen molar-refractivity contribution in [3.63, 3.8) is 0 Å². The van der Waals surface area contributed by atoms with Gasteiger partial charge < -0.3 is 9.15 Å². The number of anilines is 1. The fourth-order valence-electron chi connectivity index (χ4n) is 1.24. The van der Waals surface area contributed by atoms with Gasteiger partial charge in [0.15, 0.2) is 5.09 Å². The number of rotatable bonds is 5. The average Bonchev–Trinajstić information content (AvgIpc) is 2.85. The molecule has 0 atom stereocenters. The summed E-state index contributed by atoms with van der Waals surface area (Å²) in [4.78, 5) is 24.3. The second-order valence-electron chi connectivity index (χ2n) is 3.52. The van der Waals surface area contributed by atoms with Gasteiger partial charge in [-0.1, -0.05) is 18.3 Å². The molecular weight excluding hydrogens is 254 g/mol. The summed E-state index contributed by atoms with van der Waals surface area (Å²) in [5.41, 5.74) is 0.117. The van der Waals surface area contributed by atoms with Crippen molar-refractivity contribution >= 4 is 29.5 Å². The molecule has 0 spiro atoms. The summed E-state index contributed by atoms with van der Waals surface area (Å²) in [5.74, 6) is -0.435. The van der Waals surface area contributed by atoms with Gasteiger partial charge in [-0.05, 0) is 12.3 Å². The van der Waals surface area contributed by atoms with Crippen LogP contribution in [-0.4, -0.2) is 32.3 Å². The van der Waals surface area contributed by atoms with Crippen molar-refractivity contribution < 1.29 is 18.7 Å². The van der Waals surface area contributed by atoms with Gasteiger partial charge in [0, 0.05) is 18.7 Å². The molecule has 1 aromatic rings. The number of carbonyl (C=O) groups is 2. The molecule has 18 heavy (non-hydrogen) atoms. The predicted octanol–water partition coefficient (Wildman–Crippen LogP) is 2.08. The Bertz CT molecular complexity index is 466. The molecular formula is C12H15NO4S. The van der Waals surface area contributed by atoms with Gasteiger partial charge in [0.25, 0.3) is 0 Å². The minimum atomic E-state index is -0.582. The van der Waals surface area contributed by atoms with Crippen LogP contribution in [0.1, 0.15) is 6.42 Å². The minimum absolute atomic E-state index is 0.0987. The molecule has 1 aromatic heterocycles. The lowest BCUT2D eigenvalue weighted by atomic mass is 10.2. The van der Waals surface area contributed by atoms with Gasteiger partial charge in [0.1, 0.15) is 0 Å².